The van der Waals surface area contributed by atoms with Crippen molar-refractivity contribution in [2.75, 3.05) is 6.79 Å². The van der Waals surface area contributed by atoms with Crippen LogP contribution >= 0.6 is 0 Å². The van der Waals surface area contributed by atoms with Gasteiger partial charge in [-0.3, -0.25) is 4.79 Å². The Balaban J connectivity index is 1.23. The number of hydrogen-bond donors (Lipinski definition) is 0. The molecule has 7 nitrogen and oxygen atoms in total. The van der Waals surface area contributed by atoms with Crippen molar-refractivity contribution in [3.8, 4) is 23.0 Å². The first-order valence-corrected chi connectivity index (χ1v) is 9.83. The fourth-order valence-corrected chi connectivity index (χ4v) is 3.62. The number of carbonyl (C=O) groups excluding carboxylic acids is 2. The normalized spacial score (nSPS) is 15.1. The van der Waals surface area contributed by atoms with E-state index in [9.17, 15) is 9.59 Å². The van der Waals surface area contributed by atoms with Crippen molar-refractivity contribution in [3.05, 3.63) is 89.4 Å². The predicted octanol–water partition coefficient (Wildman–Crippen LogP) is 5.00. The van der Waals surface area contributed by atoms with Gasteiger partial charge in [-0.2, -0.15) is 0 Å². The molecule has 0 bridgehead atoms. The van der Waals surface area contributed by atoms with Gasteiger partial charge in [-0.05, 0) is 48.0 Å². The zero-order valence-electron chi connectivity index (χ0n) is 16.5. The minimum atomic E-state index is -0.637. The highest BCUT2D eigenvalue weighted by atomic mass is 16.7. The number of fused-ring (bicyclic) bond motifs is 3. The molecule has 0 unspecified atom stereocenters. The topological polar surface area (TPSA) is 84.2 Å². The Labute approximate surface area is 181 Å². The van der Waals surface area contributed by atoms with Gasteiger partial charge in [0.1, 0.15) is 17.1 Å². The maximum Gasteiger partial charge on any atom is 0.379 e. The van der Waals surface area contributed by atoms with Gasteiger partial charge in [-0.15, -0.1) is 0 Å². The average Bonchev–Trinajstić information content (AvgIpc) is 3.51. The van der Waals surface area contributed by atoms with E-state index in [-0.39, 0.29) is 29.8 Å². The standard InChI is InChI=1S/C25H14O7/c26-24-17-7-6-16(30-25(27)23-11-15-3-1-2-4-18(15)31-23)12-20(17)32-22(24)10-14-5-8-19-21(9-14)29-13-28-19/h1-12H,13H2/b22-10-. The van der Waals surface area contributed by atoms with Gasteiger partial charge in [-0.25, -0.2) is 4.79 Å². The quantitative estimate of drug-likeness (QED) is 0.259. The second-order valence-corrected chi connectivity index (χ2v) is 7.25. The van der Waals surface area contributed by atoms with Gasteiger partial charge in [0.05, 0.1) is 5.56 Å². The highest BCUT2D eigenvalue weighted by Gasteiger charge is 2.28. The van der Waals surface area contributed by atoms with Crippen molar-refractivity contribution < 1.29 is 33.0 Å². The van der Waals surface area contributed by atoms with Crippen molar-refractivity contribution in [1.29, 1.82) is 0 Å². The van der Waals surface area contributed by atoms with E-state index in [4.69, 9.17) is 23.4 Å². The molecule has 0 saturated carbocycles. The number of rotatable bonds is 3. The maximum atomic E-state index is 12.7. The van der Waals surface area contributed by atoms with E-state index in [2.05, 4.69) is 0 Å². The third-order valence-electron chi connectivity index (χ3n) is 5.17. The predicted molar refractivity (Wildman–Crippen MR) is 113 cm³/mol. The number of para-hydroxylation sites is 1. The van der Waals surface area contributed by atoms with E-state index in [1.807, 2.05) is 18.2 Å². The van der Waals surface area contributed by atoms with Crippen LogP contribution in [-0.2, 0) is 0 Å². The zero-order valence-corrected chi connectivity index (χ0v) is 16.5. The molecule has 0 amide bonds. The van der Waals surface area contributed by atoms with Crippen molar-refractivity contribution >= 4 is 28.8 Å². The summed E-state index contributed by atoms with van der Waals surface area (Å²) in [6.45, 7) is 0.172. The Morgan fingerprint density at radius 3 is 2.69 bits per heavy atom. The summed E-state index contributed by atoms with van der Waals surface area (Å²) in [5, 5.41) is 0.806. The molecular weight excluding hydrogens is 412 g/mol. The fourth-order valence-electron chi connectivity index (χ4n) is 3.62. The van der Waals surface area contributed by atoms with Gasteiger partial charge in [-0.1, -0.05) is 24.3 Å². The Morgan fingerprint density at radius 2 is 1.78 bits per heavy atom. The molecule has 1 aromatic heterocycles. The maximum absolute atomic E-state index is 12.7. The Hall–Kier alpha value is -4.52. The molecule has 0 saturated heterocycles. The van der Waals surface area contributed by atoms with Gasteiger partial charge >= 0.3 is 5.97 Å². The minimum absolute atomic E-state index is 0.0899. The monoisotopic (exact) mass is 426 g/mol. The Kier molecular flexibility index (Phi) is 4.01. The molecular formula is C25H14O7. The summed E-state index contributed by atoms with van der Waals surface area (Å²) in [6, 6.07) is 18.9. The molecule has 6 rings (SSSR count). The summed E-state index contributed by atoms with van der Waals surface area (Å²) < 4.78 is 27.4. The Morgan fingerprint density at radius 1 is 0.906 bits per heavy atom. The zero-order chi connectivity index (χ0) is 21.7. The molecule has 0 atom stereocenters. The van der Waals surface area contributed by atoms with E-state index in [1.54, 1.807) is 48.5 Å². The number of carbonyl (C=O) groups is 2. The molecule has 0 radical (unpaired) electrons. The van der Waals surface area contributed by atoms with Crippen LogP contribution in [0.25, 0.3) is 17.0 Å². The second-order valence-electron chi connectivity index (χ2n) is 7.25. The summed E-state index contributed by atoms with van der Waals surface area (Å²) in [7, 11) is 0. The lowest BCUT2D eigenvalue weighted by Gasteiger charge is -2.04. The molecule has 4 aromatic rings. The van der Waals surface area contributed by atoms with E-state index >= 15 is 0 Å². The molecule has 2 aliphatic rings. The lowest BCUT2D eigenvalue weighted by atomic mass is 10.1. The van der Waals surface area contributed by atoms with Gasteiger partial charge in [0.15, 0.2) is 17.3 Å². The van der Waals surface area contributed by atoms with Crippen LogP contribution in [0.5, 0.6) is 23.0 Å². The Bertz CT molecular complexity index is 1410. The number of allylic oxidation sites excluding steroid dienone is 1. The lowest BCUT2D eigenvalue weighted by molar-refractivity contribution is 0.0703. The number of ether oxygens (including phenoxy) is 4. The van der Waals surface area contributed by atoms with E-state index < -0.39 is 5.97 Å². The molecule has 0 aliphatic carbocycles. The third-order valence-corrected chi connectivity index (χ3v) is 5.17. The average molecular weight is 426 g/mol. The number of esters is 1. The first-order valence-electron chi connectivity index (χ1n) is 9.83. The number of hydrogen-bond acceptors (Lipinski definition) is 7. The van der Waals surface area contributed by atoms with Crippen LogP contribution in [0.2, 0.25) is 0 Å². The molecule has 0 spiro atoms. The van der Waals surface area contributed by atoms with Crippen molar-refractivity contribution in [2.45, 2.75) is 0 Å². The number of benzene rings is 3. The van der Waals surface area contributed by atoms with Crippen molar-refractivity contribution in [1.82, 2.24) is 0 Å². The van der Waals surface area contributed by atoms with Crippen LogP contribution in [-0.4, -0.2) is 18.5 Å². The van der Waals surface area contributed by atoms with Gasteiger partial charge < -0.3 is 23.4 Å². The smallest absolute Gasteiger partial charge is 0.379 e. The van der Waals surface area contributed by atoms with Crippen molar-refractivity contribution in [2.24, 2.45) is 0 Å². The molecule has 0 fully saturated rings. The number of furan rings is 1. The minimum Gasteiger partial charge on any atom is -0.454 e. The summed E-state index contributed by atoms with van der Waals surface area (Å²) in [4.78, 5) is 25.2. The summed E-state index contributed by atoms with van der Waals surface area (Å²) >= 11 is 0. The number of Topliss-reactive ketones (excluding diaryl/α,β-unsaturated/α-hetero) is 1. The molecule has 156 valence electrons. The molecule has 0 N–H and O–H groups in total. The van der Waals surface area contributed by atoms with Crippen LogP contribution < -0.4 is 18.9 Å². The molecule has 3 aromatic carbocycles. The van der Waals surface area contributed by atoms with Gasteiger partial charge in [0, 0.05) is 11.5 Å². The van der Waals surface area contributed by atoms with E-state index in [1.165, 1.54) is 6.07 Å². The highest BCUT2D eigenvalue weighted by molar-refractivity contribution is 6.14. The largest absolute Gasteiger partial charge is 0.454 e. The first kappa shape index (κ1) is 18.3. The van der Waals surface area contributed by atoms with Crippen molar-refractivity contribution in [3.63, 3.8) is 0 Å². The van der Waals surface area contributed by atoms with Crippen LogP contribution in [0.15, 0.2) is 76.9 Å². The SMILES string of the molecule is O=C(Oc1ccc2c(c1)O/C(=C\c1ccc3c(c1)OCO3)C2=O)c1cc2ccccc2o1. The summed E-state index contributed by atoms with van der Waals surface area (Å²) in [5.74, 6) is 1.19. The van der Waals surface area contributed by atoms with E-state index in [0.717, 1.165) is 10.9 Å². The number of ketones is 1. The van der Waals surface area contributed by atoms with Crippen LogP contribution in [0.3, 0.4) is 0 Å². The second kappa shape index (κ2) is 7.02. The first-order chi connectivity index (χ1) is 15.6. The third kappa shape index (κ3) is 3.07. The molecule has 7 heteroatoms. The molecule has 32 heavy (non-hydrogen) atoms. The van der Waals surface area contributed by atoms with Gasteiger partial charge in [0.2, 0.25) is 18.3 Å². The summed E-state index contributed by atoms with van der Waals surface area (Å²) in [6.07, 6.45) is 1.63. The van der Waals surface area contributed by atoms with Gasteiger partial charge in [0.25, 0.3) is 0 Å². The highest BCUT2D eigenvalue weighted by Crippen LogP contribution is 2.37. The van der Waals surface area contributed by atoms with Crippen LogP contribution in [0.1, 0.15) is 26.5 Å². The van der Waals surface area contributed by atoms with Crippen LogP contribution in [0, 0.1) is 0 Å². The molecule has 3 heterocycles. The fraction of sp³-hybridized carbons (Fsp3) is 0.0400. The van der Waals surface area contributed by atoms with Crippen LogP contribution in [0.4, 0.5) is 0 Å². The van der Waals surface area contributed by atoms with E-state index in [0.29, 0.717) is 28.4 Å². The lowest BCUT2D eigenvalue weighted by Crippen LogP contribution is -2.07. The summed E-state index contributed by atoms with van der Waals surface area (Å²) in [5.41, 5.74) is 1.73. The molecule has 2 aliphatic heterocycles.